The number of nitrogens with one attached hydrogen (secondary N) is 1. The first-order chi connectivity index (χ1) is 10.5. The zero-order valence-electron chi connectivity index (χ0n) is 14.7. The van der Waals surface area contributed by atoms with Crippen molar-refractivity contribution < 1.29 is 9.09 Å². The van der Waals surface area contributed by atoms with Crippen molar-refractivity contribution in [3.63, 3.8) is 0 Å². The van der Waals surface area contributed by atoms with Crippen LogP contribution in [0.25, 0.3) is 0 Å². The second-order valence-electron chi connectivity index (χ2n) is 5.38. The highest BCUT2D eigenvalue weighted by Crippen LogP contribution is 2.41. The molecule has 0 aliphatic carbocycles. The number of nitrogens with zero attached hydrogens (tertiary/aromatic N) is 1. The van der Waals surface area contributed by atoms with Crippen LogP contribution in [0.3, 0.4) is 0 Å². The predicted octanol–water partition coefficient (Wildman–Crippen LogP) is 4.90. The molecular weight excluding hydrogens is 335 g/mol. The van der Waals surface area contributed by atoms with Gasteiger partial charge in [-0.2, -0.15) is 0 Å². The van der Waals surface area contributed by atoms with E-state index in [1.165, 1.54) is 30.6 Å². The van der Waals surface area contributed by atoms with Gasteiger partial charge in [-0.1, -0.05) is 45.3 Å². The molecule has 0 fully saturated rings. The Morgan fingerprint density at radius 3 is 2.45 bits per heavy atom. The lowest BCUT2D eigenvalue weighted by atomic mass is 9.99. The average molecular weight is 369 g/mol. The van der Waals surface area contributed by atoms with Crippen molar-refractivity contribution in [3.8, 4) is 0 Å². The van der Waals surface area contributed by atoms with Crippen LogP contribution in [-0.4, -0.2) is 35.1 Å². The molecule has 0 amide bonds. The van der Waals surface area contributed by atoms with Gasteiger partial charge >= 0.3 is 0 Å². The van der Waals surface area contributed by atoms with Crippen LogP contribution in [0.2, 0.25) is 0 Å². The van der Waals surface area contributed by atoms with E-state index in [-0.39, 0.29) is 6.23 Å². The van der Waals surface area contributed by atoms with Crippen molar-refractivity contribution in [1.82, 2.24) is 10.2 Å². The second kappa shape index (κ2) is 13.8. The minimum Gasteiger partial charge on any atom is -0.358 e. The van der Waals surface area contributed by atoms with Crippen molar-refractivity contribution in [2.45, 2.75) is 66.5 Å². The third-order valence-electron chi connectivity index (χ3n) is 3.70. The third-order valence-corrected chi connectivity index (χ3v) is 7.17. The van der Waals surface area contributed by atoms with Crippen LogP contribution < -0.4 is 5.32 Å². The molecular formula is C15H33N2O2PS2. The van der Waals surface area contributed by atoms with Gasteiger partial charge in [-0.15, -0.1) is 0 Å². The van der Waals surface area contributed by atoms with Crippen molar-refractivity contribution >= 4 is 35.1 Å². The van der Waals surface area contributed by atoms with Crippen LogP contribution in [0.1, 0.15) is 60.3 Å². The van der Waals surface area contributed by atoms with Crippen LogP contribution in [0.5, 0.6) is 0 Å². The Hall–Kier alpha value is 0.390. The van der Waals surface area contributed by atoms with Gasteiger partial charge in [0.15, 0.2) is 0 Å². The molecule has 1 N–H and O–H groups in total. The third kappa shape index (κ3) is 10.2. The summed E-state index contributed by atoms with van der Waals surface area (Å²) in [5, 5.41) is 3.34. The molecule has 7 heteroatoms. The van der Waals surface area contributed by atoms with Gasteiger partial charge in [-0.05, 0) is 44.5 Å². The number of rotatable bonds is 12. The van der Waals surface area contributed by atoms with Crippen LogP contribution >= 0.6 is 30.8 Å². The highest BCUT2D eigenvalue weighted by atomic mass is 32.7. The average Bonchev–Trinajstić information content (AvgIpc) is 2.48. The van der Waals surface area contributed by atoms with Gasteiger partial charge in [0.25, 0.3) is 7.23 Å². The van der Waals surface area contributed by atoms with Gasteiger partial charge in [-0.25, -0.2) is 0 Å². The Morgan fingerprint density at radius 2 is 1.95 bits per heavy atom. The van der Waals surface area contributed by atoms with E-state index in [0.29, 0.717) is 10.2 Å². The van der Waals surface area contributed by atoms with Crippen LogP contribution in [0, 0.1) is 5.92 Å². The van der Waals surface area contributed by atoms with Crippen molar-refractivity contribution in [2.24, 2.45) is 5.92 Å². The largest absolute Gasteiger partial charge is 0.358 e. The molecule has 0 bridgehead atoms. The van der Waals surface area contributed by atoms with Gasteiger partial charge in [-0.3, -0.25) is 9.88 Å². The smallest absolute Gasteiger partial charge is 0.254 e. The van der Waals surface area contributed by atoms with Crippen molar-refractivity contribution in [1.29, 1.82) is 0 Å². The standard InChI is InChI=1S/C15H33N2O2PS2/c1-6-10-11-14(7-2)12-16-13(5)19-20(18)22-15(21)17(8-3)9-4/h13-14,16,20H,6-12H2,1-5H3. The molecule has 132 valence electrons. The molecule has 3 atom stereocenters. The number of hydrogen-bond acceptors (Lipinski definition) is 5. The number of hydrogen-bond donors (Lipinski definition) is 1. The van der Waals surface area contributed by atoms with E-state index in [9.17, 15) is 4.57 Å². The van der Waals surface area contributed by atoms with Crippen molar-refractivity contribution in [2.75, 3.05) is 19.6 Å². The fourth-order valence-corrected chi connectivity index (χ4v) is 5.32. The van der Waals surface area contributed by atoms with Crippen LogP contribution in [0.15, 0.2) is 0 Å². The van der Waals surface area contributed by atoms with Gasteiger partial charge in [0.05, 0.1) is 0 Å². The maximum Gasteiger partial charge on any atom is 0.254 e. The maximum atomic E-state index is 12.1. The molecule has 0 heterocycles. The highest BCUT2D eigenvalue weighted by molar-refractivity contribution is 8.61. The Bertz CT molecular complexity index is 329. The first-order valence-electron chi connectivity index (χ1n) is 8.39. The van der Waals surface area contributed by atoms with E-state index in [4.69, 9.17) is 16.7 Å². The molecule has 0 aliphatic rings. The molecule has 0 saturated carbocycles. The molecule has 0 spiro atoms. The molecule has 0 aromatic rings. The summed E-state index contributed by atoms with van der Waals surface area (Å²) in [4.78, 5) is 2.02. The Morgan fingerprint density at radius 1 is 1.32 bits per heavy atom. The van der Waals surface area contributed by atoms with Gasteiger partial charge in [0, 0.05) is 19.6 Å². The van der Waals surface area contributed by atoms with E-state index in [0.717, 1.165) is 26.1 Å². The summed E-state index contributed by atoms with van der Waals surface area (Å²) in [7, 11) is -2.20. The first-order valence-corrected chi connectivity index (χ1v) is 11.7. The molecule has 22 heavy (non-hydrogen) atoms. The zero-order valence-corrected chi connectivity index (χ0v) is 17.3. The molecule has 0 aromatic heterocycles. The summed E-state index contributed by atoms with van der Waals surface area (Å²) in [6.07, 6.45) is 4.70. The summed E-state index contributed by atoms with van der Waals surface area (Å²) in [5.74, 6) is 0.665. The minimum absolute atomic E-state index is 0.200. The quantitative estimate of drug-likeness (QED) is 0.300. The second-order valence-corrected chi connectivity index (χ2v) is 8.96. The van der Waals surface area contributed by atoms with Crippen LogP contribution in [0.4, 0.5) is 0 Å². The normalized spacial score (nSPS) is 15.3. The fraction of sp³-hybridized carbons (Fsp3) is 0.933. The summed E-state index contributed by atoms with van der Waals surface area (Å²) >= 11 is 6.47. The van der Waals surface area contributed by atoms with E-state index in [2.05, 4.69) is 19.2 Å². The lowest BCUT2D eigenvalue weighted by molar-refractivity contribution is 0.189. The summed E-state index contributed by atoms with van der Waals surface area (Å²) in [6, 6.07) is 0. The van der Waals surface area contributed by atoms with Gasteiger partial charge < -0.3 is 9.42 Å². The van der Waals surface area contributed by atoms with E-state index < -0.39 is 7.23 Å². The van der Waals surface area contributed by atoms with E-state index in [1.807, 2.05) is 25.7 Å². The lowest BCUT2D eigenvalue weighted by Crippen LogP contribution is -2.32. The Balaban J connectivity index is 4.06. The van der Waals surface area contributed by atoms with E-state index in [1.54, 1.807) is 0 Å². The van der Waals surface area contributed by atoms with E-state index >= 15 is 0 Å². The molecule has 0 radical (unpaired) electrons. The molecule has 0 rings (SSSR count). The minimum atomic E-state index is -2.20. The Labute approximate surface area is 146 Å². The van der Waals surface area contributed by atoms with Gasteiger partial charge in [0.2, 0.25) is 0 Å². The molecule has 0 aromatic carbocycles. The first kappa shape index (κ1) is 22.4. The molecule has 3 unspecified atom stereocenters. The summed E-state index contributed by atoms with van der Waals surface area (Å²) in [5.41, 5.74) is 0. The summed E-state index contributed by atoms with van der Waals surface area (Å²) in [6.45, 7) is 13.0. The number of unbranched alkanes of at least 4 members (excludes halogenated alkanes) is 1. The molecule has 4 nitrogen and oxygen atoms in total. The monoisotopic (exact) mass is 368 g/mol. The van der Waals surface area contributed by atoms with Crippen LogP contribution in [-0.2, 0) is 9.09 Å². The lowest BCUT2D eigenvalue weighted by Gasteiger charge is -2.22. The topological polar surface area (TPSA) is 41.6 Å². The Kier molecular flexibility index (Phi) is 14.0. The summed E-state index contributed by atoms with van der Waals surface area (Å²) < 4.78 is 18.3. The SMILES string of the molecule is CCCCC(CC)CNC(C)O[PH](=O)SC(=S)N(CC)CC. The predicted molar refractivity (Wildman–Crippen MR) is 104 cm³/mol. The molecule has 0 saturated heterocycles. The highest BCUT2D eigenvalue weighted by Gasteiger charge is 2.14. The van der Waals surface area contributed by atoms with Gasteiger partial charge in [0.1, 0.15) is 10.5 Å². The molecule has 0 aliphatic heterocycles. The zero-order chi connectivity index (χ0) is 17.0. The fourth-order valence-electron chi connectivity index (χ4n) is 2.10. The number of thiocarbonyl (C=S) groups is 1. The maximum absolute atomic E-state index is 12.1. The van der Waals surface area contributed by atoms with Crippen molar-refractivity contribution in [3.05, 3.63) is 0 Å².